The number of aromatic amines is 1. The van der Waals surface area contributed by atoms with Gasteiger partial charge in [-0.25, -0.2) is 0 Å². The molecule has 6 nitrogen and oxygen atoms in total. The van der Waals surface area contributed by atoms with Crippen LogP contribution in [0.15, 0.2) is 24.3 Å². The van der Waals surface area contributed by atoms with Crippen LogP contribution in [-0.2, 0) is 6.42 Å². The van der Waals surface area contributed by atoms with Gasteiger partial charge in [-0.2, -0.15) is 5.10 Å². The summed E-state index contributed by atoms with van der Waals surface area (Å²) in [6.45, 7) is 2.05. The molecule has 0 amide bonds. The second-order valence-electron chi connectivity index (χ2n) is 3.99. The van der Waals surface area contributed by atoms with Gasteiger partial charge >= 0.3 is 0 Å². The van der Waals surface area contributed by atoms with Crippen LogP contribution in [0.3, 0.4) is 0 Å². The zero-order chi connectivity index (χ0) is 13.1. The fraction of sp³-hybridized carbons (Fsp3) is 0.250. The predicted molar refractivity (Wildman–Crippen MR) is 66.3 cm³/mol. The Morgan fingerprint density at radius 2 is 2.22 bits per heavy atom. The second kappa shape index (κ2) is 4.87. The minimum Gasteiger partial charge on any atom is -0.507 e. The third kappa shape index (κ3) is 2.32. The maximum atomic E-state index is 10.7. The molecule has 0 aliphatic rings. The van der Waals surface area contributed by atoms with Crippen LogP contribution in [-0.4, -0.2) is 20.2 Å². The average Bonchev–Trinajstić information content (AvgIpc) is 2.78. The number of phenols is 1. The number of hydrogen-bond acceptors (Lipinski definition) is 4. The molecule has 0 aliphatic carbocycles. The summed E-state index contributed by atoms with van der Waals surface area (Å²) in [6, 6.07) is 5.68. The molecule has 6 heteroatoms. The van der Waals surface area contributed by atoms with Crippen LogP contribution >= 0.6 is 0 Å². The Hall–Kier alpha value is -2.37. The third-order valence-electron chi connectivity index (χ3n) is 2.62. The molecule has 0 bridgehead atoms. The molecule has 2 aromatic rings. The molecule has 2 N–H and O–H groups in total. The first-order valence-electron chi connectivity index (χ1n) is 5.64. The molecule has 0 radical (unpaired) electrons. The summed E-state index contributed by atoms with van der Waals surface area (Å²) in [5.41, 5.74) is 1.75. The van der Waals surface area contributed by atoms with Crippen LogP contribution < -0.4 is 0 Å². The van der Waals surface area contributed by atoms with Crippen molar-refractivity contribution in [2.24, 2.45) is 0 Å². The number of aromatic hydroxyl groups is 1. The van der Waals surface area contributed by atoms with Gasteiger partial charge in [-0.1, -0.05) is 13.3 Å². The molecule has 18 heavy (non-hydrogen) atoms. The highest BCUT2D eigenvalue weighted by molar-refractivity contribution is 5.69. The van der Waals surface area contributed by atoms with Crippen molar-refractivity contribution in [3.63, 3.8) is 0 Å². The lowest BCUT2D eigenvalue weighted by atomic mass is 10.1. The molecule has 94 valence electrons. The fourth-order valence-electron chi connectivity index (χ4n) is 1.74. The molecule has 0 saturated carbocycles. The number of nitro benzene ring substituents is 1. The topological polar surface area (TPSA) is 92.1 Å². The van der Waals surface area contributed by atoms with Gasteiger partial charge < -0.3 is 5.11 Å². The van der Waals surface area contributed by atoms with E-state index in [9.17, 15) is 15.2 Å². The van der Waals surface area contributed by atoms with Crippen molar-refractivity contribution < 1.29 is 10.0 Å². The number of hydrogen-bond donors (Lipinski definition) is 2. The highest BCUT2D eigenvalue weighted by atomic mass is 16.6. The van der Waals surface area contributed by atoms with Gasteiger partial charge in [-0.05, 0) is 18.6 Å². The third-order valence-corrected chi connectivity index (χ3v) is 2.62. The molecule has 0 unspecified atom stereocenters. The van der Waals surface area contributed by atoms with Gasteiger partial charge in [-0.3, -0.25) is 15.2 Å². The number of nitro groups is 1. The Labute approximate surface area is 103 Å². The zero-order valence-corrected chi connectivity index (χ0v) is 9.88. The summed E-state index contributed by atoms with van der Waals surface area (Å²) >= 11 is 0. The van der Waals surface area contributed by atoms with Gasteiger partial charge in [0, 0.05) is 17.8 Å². The number of H-pyrrole nitrogens is 1. The van der Waals surface area contributed by atoms with Gasteiger partial charge in [0.15, 0.2) is 0 Å². The van der Waals surface area contributed by atoms with Crippen molar-refractivity contribution in [2.45, 2.75) is 19.8 Å². The molecule has 2 rings (SSSR count). The first kappa shape index (κ1) is 12.1. The lowest BCUT2D eigenvalue weighted by Crippen LogP contribution is -1.89. The van der Waals surface area contributed by atoms with Gasteiger partial charge in [0.2, 0.25) is 0 Å². The summed E-state index contributed by atoms with van der Waals surface area (Å²) in [6.07, 6.45) is 1.82. The quantitative estimate of drug-likeness (QED) is 0.641. The standard InChI is InChI=1S/C12H13N3O3/c1-2-3-8-6-11(14-13-8)10-7-9(15(17)18)4-5-12(10)16/h4-7,16H,2-3H2,1H3,(H,13,14). The highest BCUT2D eigenvalue weighted by Gasteiger charge is 2.14. The lowest BCUT2D eigenvalue weighted by Gasteiger charge is -2.00. The summed E-state index contributed by atoms with van der Waals surface area (Å²) in [4.78, 5) is 10.2. The van der Waals surface area contributed by atoms with E-state index in [4.69, 9.17) is 0 Å². The van der Waals surface area contributed by atoms with E-state index < -0.39 is 4.92 Å². The van der Waals surface area contributed by atoms with E-state index in [0.717, 1.165) is 18.5 Å². The van der Waals surface area contributed by atoms with Gasteiger partial charge in [-0.15, -0.1) is 0 Å². The molecule has 1 heterocycles. The Balaban J connectivity index is 2.41. The van der Waals surface area contributed by atoms with Crippen molar-refractivity contribution >= 4 is 5.69 Å². The highest BCUT2D eigenvalue weighted by Crippen LogP contribution is 2.31. The molecular weight excluding hydrogens is 234 g/mol. The van der Waals surface area contributed by atoms with Crippen LogP contribution in [0.4, 0.5) is 5.69 Å². The van der Waals surface area contributed by atoms with Gasteiger partial charge in [0.1, 0.15) is 5.75 Å². The minimum absolute atomic E-state index is 0.0184. The van der Waals surface area contributed by atoms with Gasteiger partial charge in [0.25, 0.3) is 5.69 Å². The van der Waals surface area contributed by atoms with E-state index in [2.05, 4.69) is 10.2 Å². The SMILES string of the molecule is CCCc1cc(-c2cc([N+](=O)[O-])ccc2O)n[nH]1. The average molecular weight is 247 g/mol. The molecule has 0 fully saturated rings. The van der Waals surface area contributed by atoms with Crippen molar-refractivity contribution in [1.82, 2.24) is 10.2 Å². The van der Waals surface area contributed by atoms with E-state index in [1.165, 1.54) is 18.2 Å². The van der Waals surface area contributed by atoms with Crippen molar-refractivity contribution in [2.75, 3.05) is 0 Å². The van der Waals surface area contributed by atoms with Crippen LogP contribution in [0.25, 0.3) is 11.3 Å². The van der Waals surface area contributed by atoms with E-state index in [1.807, 2.05) is 6.92 Å². The van der Waals surface area contributed by atoms with Crippen molar-refractivity contribution in [3.05, 3.63) is 40.1 Å². The Bertz CT molecular complexity index is 578. The van der Waals surface area contributed by atoms with Crippen LogP contribution in [0.1, 0.15) is 19.0 Å². The van der Waals surface area contributed by atoms with E-state index >= 15 is 0 Å². The maximum Gasteiger partial charge on any atom is 0.270 e. The van der Waals surface area contributed by atoms with Crippen molar-refractivity contribution in [1.29, 1.82) is 0 Å². The lowest BCUT2D eigenvalue weighted by molar-refractivity contribution is -0.384. The molecule has 0 atom stereocenters. The zero-order valence-electron chi connectivity index (χ0n) is 9.88. The summed E-state index contributed by atoms with van der Waals surface area (Å²) in [7, 11) is 0. The molecule has 0 spiro atoms. The Morgan fingerprint density at radius 3 is 2.89 bits per heavy atom. The Kier molecular flexibility index (Phi) is 3.27. The molecule has 1 aromatic heterocycles. The second-order valence-corrected chi connectivity index (χ2v) is 3.99. The van der Waals surface area contributed by atoms with E-state index in [0.29, 0.717) is 11.3 Å². The smallest absolute Gasteiger partial charge is 0.270 e. The largest absolute Gasteiger partial charge is 0.507 e. The van der Waals surface area contributed by atoms with E-state index in [1.54, 1.807) is 6.07 Å². The number of nitrogens with one attached hydrogen (secondary N) is 1. The fourth-order valence-corrected chi connectivity index (χ4v) is 1.74. The summed E-state index contributed by atoms with van der Waals surface area (Å²) in [5.74, 6) is -0.0184. The number of phenolic OH excluding ortho intramolecular Hbond substituents is 1. The van der Waals surface area contributed by atoms with Crippen molar-refractivity contribution in [3.8, 4) is 17.0 Å². The number of aryl methyl sites for hydroxylation is 1. The molecule has 1 aromatic carbocycles. The monoisotopic (exact) mass is 247 g/mol. The summed E-state index contributed by atoms with van der Waals surface area (Å²) in [5, 5.41) is 27.3. The first-order chi connectivity index (χ1) is 8.61. The van der Waals surface area contributed by atoms with Crippen LogP contribution in [0, 0.1) is 10.1 Å². The Morgan fingerprint density at radius 1 is 1.44 bits per heavy atom. The molecule has 0 aliphatic heterocycles. The number of aromatic nitrogens is 2. The first-order valence-corrected chi connectivity index (χ1v) is 5.64. The van der Waals surface area contributed by atoms with Gasteiger partial charge in [0.05, 0.1) is 16.2 Å². The van der Waals surface area contributed by atoms with Crippen LogP contribution in [0.2, 0.25) is 0 Å². The van der Waals surface area contributed by atoms with Crippen LogP contribution in [0.5, 0.6) is 5.75 Å². The molecule has 0 saturated heterocycles. The number of non-ortho nitro benzene ring substituents is 1. The summed E-state index contributed by atoms with van der Waals surface area (Å²) < 4.78 is 0. The minimum atomic E-state index is -0.497. The predicted octanol–water partition coefficient (Wildman–Crippen LogP) is 2.64. The number of rotatable bonds is 4. The van der Waals surface area contributed by atoms with E-state index in [-0.39, 0.29) is 11.4 Å². The normalized spacial score (nSPS) is 10.5. The number of benzene rings is 1. The number of nitrogens with zero attached hydrogens (tertiary/aromatic N) is 2. The molecular formula is C12H13N3O3. The maximum absolute atomic E-state index is 10.7.